The first-order chi connectivity index (χ1) is 8.97. The Bertz CT molecular complexity index is 435. The molecule has 0 aromatic heterocycles. The second-order valence-electron chi connectivity index (χ2n) is 5.51. The van der Waals surface area contributed by atoms with Crippen LogP contribution in [0, 0.1) is 11.8 Å². The van der Waals surface area contributed by atoms with Crippen LogP contribution in [0.5, 0.6) is 0 Å². The molecule has 0 aromatic rings. The Morgan fingerprint density at radius 3 is 2.74 bits per heavy atom. The molecular weight excluding hydrogens is 244 g/mol. The third-order valence-corrected chi connectivity index (χ3v) is 3.77. The molecule has 0 amide bonds. The summed E-state index contributed by atoms with van der Waals surface area (Å²) in [7, 11) is 0. The number of carbonyl (C=O) groups excluding carboxylic acids is 2. The summed E-state index contributed by atoms with van der Waals surface area (Å²) in [5, 5.41) is 0. The van der Waals surface area contributed by atoms with Crippen molar-refractivity contribution in [3.05, 3.63) is 23.8 Å². The van der Waals surface area contributed by atoms with Crippen molar-refractivity contribution in [1.29, 1.82) is 0 Å². The SMILES string of the molecule is C=C1C(=O)OC[C@H]1C/C=C(\C)CC1CC(C)C(=O)O1. The molecule has 2 saturated heterocycles. The van der Waals surface area contributed by atoms with Gasteiger partial charge in [0.1, 0.15) is 6.10 Å². The second kappa shape index (κ2) is 5.59. The molecule has 2 aliphatic heterocycles. The van der Waals surface area contributed by atoms with E-state index in [0.29, 0.717) is 12.2 Å². The zero-order valence-corrected chi connectivity index (χ0v) is 11.5. The molecule has 2 aliphatic rings. The van der Waals surface area contributed by atoms with Gasteiger partial charge in [0.05, 0.1) is 12.5 Å². The number of ether oxygens (including phenoxy) is 2. The third-order valence-electron chi connectivity index (χ3n) is 3.77. The quantitative estimate of drug-likeness (QED) is 0.444. The van der Waals surface area contributed by atoms with Crippen LogP contribution in [0.4, 0.5) is 0 Å². The fourth-order valence-corrected chi connectivity index (χ4v) is 2.48. The van der Waals surface area contributed by atoms with Crippen molar-refractivity contribution < 1.29 is 19.1 Å². The highest BCUT2D eigenvalue weighted by atomic mass is 16.6. The molecule has 104 valence electrons. The molecule has 2 fully saturated rings. The molecular formula is C15H20O4. The van der Waals surface area contributed by atoms with Crippen molar-refractivity contribution in [2.24, 2.45) is 11.8 Å². The summed E-state index contributed by atoms with van der Waals surface area (Å²) in [6.07, 6.45) is 4.41. The molecule has 0 spiro atoms. The number of cyclic esters (lactones) is 2. The van der Waals surface area contributed by atoms with Gasteiger partial charge in [0.25, 0.3) is 0 Å². The normalized spacial score (nSPS) is 31.6. The van der Waals surface area contributed by atoms with Crippen molar-refractivity contribution in [3.63, 3.8) is 0 Å². The van der Waals surface area contributed by atoms with Crippen LogP contribution < -0.4 is 0 Å². The maximum Gasteiger partial charge on any atom is 0.333 e. The first-order valence-corrected chi connectivity index (χ1v) is 6.69. The molecule has 0 radical (unpaired) electrons. The van der Waals surface area contributed by atoms with E-state index in [1.54, 1.807) is 0 Å². The summed E-state index contributed by atoms with van der Waals surface area (Å²) in [5.41, 5.74) is 1.74. The first kappa shape index (κ1) is 13.8. The van der Waals surface area contributed by atoms with Gasteiger partial charge in [-0.25, -0.2) is 4.79 Å². The van der Waals surface area contributed by atoms with E-state index in [0.717, 1.165) is 19.3 Å². The van der Waals surface area contributed by atoms with Gasteiger partial charge in [-0.3, -0.25) is 4.79 Å². The van der Waals surface area contributed by atoms with Crippen LogP contribution >= 0.6 is 0 Å². The lowest BCUT2D eigenvalue weighted by atomic mass is 9.96. The monoisotopic (exact) mass is 264 g/mol. The smallest absolute Gasteiger partial charge is 0.333 e. The van der Waals surface area contributed by atoms with Gasteiger partial charge >= 0.3 is 11.9 Å². The Morgan fingerprint density at radius 1 is 1.47 bits per heavy atom. The second-order valence-corrected chi connectivity index (χ2v) is 5.51. The van der Waals surface area contributed by atoms with Crippen molar-refractivity contribution in [1.82, 2.24) is 0 Å². The van der Waals surface area contributed by atoms with Gasteiger partial charge in [0.2, 0.25) is 0 Å². The highest BCUT2D eigenvalue weighted by Crippen LogP contribution is 2.27. The molecule has 4 heteroatoms. The van der Waals surface area contributed by atoms with Gasteiger partial charge in [-0.15, -0.1) is 0 Å². The standard InChI is InChI=1S/C15H20O4/c1-9(6-13-7-10(2)14(16)19-13)4-5-12-8-18-15(17)11(12)3/h4,10,12-13H,3,5-8H2,1-2H3/b9-4+/t10?,12-,13?/m1/s1. The predicted octanol–water partition coefficient (Wildman–Crippen LogP) is 2.39. The molecule has 19 heavy (non-hydrogen) atoms. The summed E-state index contributed by atoms with van der Waals surface area (Å²) < 4.78 is 10.2. The fourth-order valence-electron chi connectivity index (χ4n) is 2.48. The van der Waals surface area contributed by atoms with Crippen LogP contribution in [0.25, 0.3) is 0 Å². The number of allylic oxidation sites excluding steroid dienone is 1. The van der Waals surface area contributed by atoms with Crippen LogP contribution in [0.2, 0.25) is 0 Å². The van der Waals surface area contributed by atoms with E-state index in [9.17, 15) is 9.59 Å². The first-order valence-electron chi connectivity index (χ1n) is 6.69. The average Bonchev–Trinajstić information content (AvgIpc) is 2.82. The lowest BCUT2D eigenvalue weighted by Gasteiger charge is -2.10. The summed E-state index contributed by atoms with van der Waals surface area (Å²) in [4.78, 5) is 22.5. The molecule has 0 aromatic carbocycles. The number of hydrogen-bond donors (Lipinski definition) is 0. The van der Waals surface area contributed by atoms with Crippen molar-refractivity contribution >= 4 is 11.9 Å². The minimum Gasteiger partial charge on any atom is -0.462 e. The molecule has 0 aliphatic carbocycles. The van der Waals surface area contributed by atoms with Gasteiger partial charge in [-0.05, 0) is 19.8 Å². The largest absolute Gasteiger partial charge is 0.462 e. The minimum absolute atomic E-state index is 0.00316. The fraction of sp³-hybridized carbons (Fsp3) is 0.600. The number of carbonyl (C=O) groups is 2. The molecule has 0 N–H and O–H groups in total. The highest BCUT2D eigenvalue weighted by molar-refractivity contribution is 5.90. The van der Waals surface area contributed by atoms with E-state index in [2.05, 4.69) is 12.7 Å². The van der Waals surface area contributed by atoms with Gasteiger partial charge in [0.15, 0.2) is 0 Å². The van der Waals surface area contributed by atoms with Crippen LogP contribution in [0.1, 0.15) is 33.1 Å². The number of rotatable bonds is 4. The summed E-state index contributed by atoms with van der Waals surface area (Å²) >= 11 is 0. The van der Waals surface area contributed by atoms with Crippen LogP contribution in [-0.4, -0.2) is 24.6 Å². The molecule has 3 atom stereocenters. The Morgan fingerprint density at radius 2 is 2.21 bits per heavy atom. The Labute approximate surface area is 113 Å². The van der Waals surface area contributed by atoms with Crippen molar-refractivity contribution in [2.75, 3.05) is 6.61 Å². The van der Waals surface area contributed by atoms with E-state index in [4.69, 9.17) is 9.47 Å². The maximum absolute atomic E-state index is 11.3. The topological polar surface area (TPSA) is 52.6 Å². The number of esters is 2. The van der Waals surface area contributed by atoms with Crippen molar-refractivity contribution in [3.8, 4) is 0 Å². The molecule has 0 saturated carbocycles. The van der Waals surface area contributed by atoms with E-state index in [-0.39, 0.29) is 29.9 Å². The lowest BCUT2D eigenvalue weighted by molar-refractivity contribution is -0.143. The third kappa shape index (κ3) is 3.25. The van der Waals surface area contributed by atoms with Gasteiger partial charge < -0.3 is 9.47 Å². The summed E-state index contributed by atoms with van der Waals surface area (Å²) in [6.45, 7) is 8.09. The van der Waals surface area contributed by atoms with E-state index < -0.39 is 0 Å². The van der Waals surface area contributed by atoms with Crippen LogP contribution in [0.15, 0.2) is 23.8 Å². The maximum atomic E-state index is 11.3. The van der Waals surface area contributed by atoms with E-state index in [1.807, 2.05) is 13.8 Å². The van der Waals surface area contributed by atoms with Crippen LogP contribution in [-0.2, 0) is 19.1 Å². The zero-order valence-electron chi connectivity index (χ0n) is 11.5. The van der Waals surface area contributed by atoms with Crippen molar-refractivity contribution in [2.45, 2.75) is 39.2 Å². The molecule has 2 heterocycles. The van der Waals surface area contributed by atoms with Gasteiger partial charge in [-0.2, -0.15) is 0 Å². The molecule has 0 bridgehead atoms. The Hall–Kier alpha value is -1.58. The minimum atomic E-state index is -0.283. The molecule has 2 unspecified atom stereocenters. The van der Waals surface area contributed by atoms with Crippen LogP contribution in [0.3, 0.4) is 0 Å². The Balaban J connectivity index is 1.82. The van der Waals surface area contributed by atoms with E-state index >= 15 is 0 Å². The highest BCUT2D eigenvalue weighted by Gasteiger charge is 2.31. The average molecular weight is 264 g/mol. The van der Waals surface area contributed by atoms with E-state index in [1.165, 1.54) is 5.57 Å². The molecule has 4 nitrogen and oxygen atoms in total. The lowest BCUT2D eigenvalue weighted by Crippen LogP contribution is -2.07. The Kier molecular flexibility index (Phi) is 4.08. The van der Waals surface area contributed by atoms with Gasteiger partial charge in [0, 0.05) is 17.9 Å². The summed E-state index contributed by atoms with van der Waals surface area (Å²) in [5.74, 6) is -0.276. The van der Waals surface area contributed by atoms with Gasteiger partial charge in [-0.1, -0.05) is 25.2 Å². The molecule has 2 rings (SSSR count). The zero-order chi connectivity index (χ0) is 14.0. The summed E-state index contributed by atoms with van der Waals surface area (Å²) in [6, 6.07) is 0. The number of hydrogen-bond acceptors (Lipinski definition) is 4. The predicted molar refractivity (Wildman–Crippen MR) is 70.2 cm³/mol.